The summed E-state index contributed by atoms with van der Waals surface area (Å²) in [5.41, 5.74) is 0. The summed E-state index contributed by atoms with van der Waals surface area (Å²) in [6.07, 6.45) is 2.12. The second kappa shape index (κ2) is 7.83. The fourth-order valence-electron chi connectivity index (χ4n) is 2.71. The summed E-state index contributed by atoms with van der Waals surface area (Å²) in [4.78, 5) is 16.5. The molecule has 0 N–H and O–H groups in total. The minimum absolute atomic E-state index is 0.165. The van der Waals surface area contributed by atoms with Crippen LogP contribution in [0.5, 0.6) is 5.75 Å². The second-order valence-corrected chi connectivity index (χ2v) is 5.65. The van der Waals surface area contributed by atoms with Crippen LogP contribution in [0.4, 0.5) is 0 Å². The first-order chi connectivity index (χ1) is 11.3. The summed E-state index contributed by atoms with van der Waals surface area (Å²) >= 11 is 0. The summed E-state index contributed by atoms with van der Waals surface area (Å²) in [7, 11) is 0. The molecule has 1 aliphatic rings. The van der Waals surface area contributed by atoms with Crippen LogP contribution in [-0.4, -0.2) is 48.5 Å². The van der Waals surface area contributed by atoms with Crippen molar-refractivity contribution in [2.45, 2.75) is 13.0 Å². The van der Waals surface area contributed by atoms with Crippen molar-refractivity contribution in [2.24, 2.45) is 0 Å². The molecule has 3 rings (SSSR count). The van der Waals surface area contributed by atoms with E-state index in [1.807, 2.05) is 47.4 Å². The Morgan fingerprint density at radius 1 is 1.04 bits per heavy atom. The zero-order valence-corrected chi connectivity index (χ0v) is 13.2. The highest BCUT2D eigenvalue weighted by molar-refractivity contribution is 5.76. The lowest BCUT2D eigenvalue weighted by Gasteiger charge is -2.34. The number of furan rings is 1. The van der Waals surface area contributed by atoms with Crippen molar-refractivity contribution in [3.63, 3.8) is 0 Å². The van der Waals surface area contributed by atoms with E-state index < -0.39 is 0 Å². The highest BCUT2D eigenvalue weighted by atomic mass is 16.5. The van der Waals surface area contributed by atoms with E-state index in [0.29, 0.717) is 13.0 Å². The zero-order valence-electron chi connectivity index (χ0n) is 13.2. The molecule has 2 aromatic rings. The Balaban J connectivity index is 1.36. The predicted octanol–water partition coefficient (Wildman–Crippen LogP) is 2.39. The summed E-state index contributed by atoms with van der Waals surface area (Å²) in [6.45, 7) is 4.54. The first-order valence-corrected chi connectivity index (χ1v) is 8.01. The Morgan fingerprint density at radius 2 is 1.83 bits per heavy atom. The summed E-state index contributed by atoms with van der Waals surface area (Å²) in [5.74, 6) is 1.95. The molecule has 1 amide bonds. The Labute approximate surface area is 136 Å². The summed E-state index contributed by atoms with van der Waals surface area (Å²) in [5, 5.41) is 0. The van der Waals surface area contributed by atoms with Crippen molar-refractivity contribution in [3.05, 3.63) is 54.5 Å². The minimum atomic E-state index is 0.165. The fourth-order valence-corrected chi connectivity index (χ4v) is 2.71. The SMILES string of the molecule is O=C(CCOc1ccccc1)N1CCN(Cc2ccco2)CC1. The third-order valence-electron chi connectivity index (χ3n) is 4.01. The Bertz CT molecular complexity index is 590. The van der Waals surface area contributed by atoms with Crippen LogP contribution < -0.4 is 4.74 Å². The molecule has 1 aliphatic heterocycles. The van der Waals surface area contributed by atoms with Gasteiger partial charge in [-0.1, -0.05) is 18.2 Å². The number of carbonyl (C=O) groups excluding carboxylic acids is 1. The number of carbonyl (C=O) groups is 1. The number of ether oxygens (including phenoxy) is 1. The van der Waals surface area contributed by atoms with Gasteiger partial charge >= 0.3 is 0 Å². The van der Waals surface area contributed by atoms with E-state index in [9.17, 15) is 4.79 Å². The normalized spacial score (nSPS) is 15.6. The third-order valence-corrected chi connectivity index (χ3v) is 4.01. The molecule has 122 valence electrons. The molecule has 23 heavy (non-hydrogen) atoms. The number of amides is 1. The van der Waals surface area contributed by atoms with Gasteiger partial charge in [-0.05, 0) is 24.3 Å². The number of para-hydroxylation sites is 1. The van der Waals surface area contributed by atoms with Crippen LogP contribution in [0.1, 0.15) is 12.2 Å². The van der Waals surface area contributed by atoms with E-state index in [1.54, 1.807) is 6.26 Å². The molecule has 0 radical (unpaired) electrons. The van der Waals surface area contributed by atoms with Gasteiger partial charge < -0.3 is 14.1 Å². The van der Waals surface area contributed by atoms with Crippen molar-refractivity contribution in [1.82, 2.24) is 9.80 Å². The van der Waals surface area contributed by atoms with E-state index in [1.165, 1.54) is 0 Å². The van der Waals surface area contributed by atoms with Crippen LogP contribution in [0.15, 0.2) is 53.1 Å². The Morgan fingerprint density at radius 3 is 2.52 bits per heavy atom. The van der Waals surface area contributed by atoms with Crippen molar-refractivity contribution >= 4 is 5.91 Å². The van der Waals surface area contributed by atoms with Gasteiger partial charge in [0.05, 0.1) is 25.8 Å². The van der Waals surface area contributed by atoms with Gasteiger partial charge in [-0.2, -0.15) is 0 Å². The molecule has 5 heteroatoms. The van der Waals surface area contributed by atoms with Crippen molar-refractivity contribution < 1.29 is 13.9 Å². The van der Waals surface area contributed by atoms with E-state index in [4.69, 9.17) is 9.15 Å². The molecule has 2 heterocycles. The maximum absolute atomic E-state index is 12.2. The average molecular weight is 314 g/mol. The van der Waals surface area contributed by atoms with Gasteiger partial charge in [-0.15, -0.1) is 0 Å². The van der Waals surface area contributed by atoms with Gasteiger partial charge in [-0.3, -0.25) is 9.69 Å². The molecule has 0 atom stereocenters. The molecule has 1 fully saturated rings. The molecule has 5 nitrogen and oxygen atoms in total. The number of hydrogen-bond donors (Lipinski definition) is 0. The third kappa shape index (κ3) is 4.60. The molecule has 0 saturated carbocycles. The van der Waals surface area contributed by atoms with Crippen molar-refractivity contribution in [3.8, 4) is 5.75 Å². The van der Waals surface area contributed by atoms with E-state index in [0.717, 1.165) is 44.2 Å². The van der Waals surface area contributed by atoms with E-state index in [2.05, 4.69) is 4.90 Å². The van der Waals surface area contributed by atoms with Crippen LogP contribution in [0, 0.1) is 0 Å². The van der Waals surface area contributed by atoms with Crippen LogP contribution in [0.25, 0.3) is 0 Å². The van der Waals surface area contributed by atoms with Crippen molar-refractivity contribution in [2.75, 3.05) is 32.8 Å². The molecule has 1 aromatic heterocycles. The second-order valence-electron chi connectivity index (χ2n) is 5.65. The molecule has 1 saturated heterocycles. The molecular formula is C18H22N2O3. The number of hydrogen-bond acceptors (Lipinski definition) is 4. The van der Waals surface area contributed by atoms with Gasteiger partial charge in [0.1, 0.15) is 11.5 Å². The Kier molecular flexibility index (Phi) is 5.32. The van der Waals surface area contributed by atoms with E-state index in [-0.39, 0.29) is 5.91 Å². The quantitative estimate of drug-likeness (QED) is 0.821. The van der Waals surface area contributed by atoms with Gasteiger partial charge in [-0.25, -0.2) is 0 Å². The lowest BCUT2D eigenvalue weighted by atomic mass is 10.2. The van der Waals surface area contributed by atoms with E-state index >= 15 is 0 Å². The number of nitrogens with zero attached hydrogens (tertiary/aromatic N) is 2. The van der Waals surface area contributed by atoms with Gasteiger partial charge in [0, 0.05) is 26.2 Å². The van der Waals surface area contributed by atoms with Crippen molar-refractivity contribution in [1.29, 1.82) is 0 Å². The highest BCUT2D eigenvalue weighted by Gasteiger charge is 2.21. The molecule has 0 bridgehead atoms. The average Bonchev–Trinajstić information content (AvgIpc) is 3.09. The van der Waals surface area contributed by atoms with Gasteiger partial charge in [0.15, 0.2) is 0 Å². The monoisotopic (exact) mass is 314 g/mol. The standard InChI is InChI=1S/C18H22N2O3/c21-18(8-14-23-16-5-2-1-3-6-16)20-11-9-19(10-12-20)15-17-7-4-13-22-17/h1-7,13H,8-12,14-15H2. The molecule has 1 aromatic carbocycles. The molecule has 0 unspecified atom stereocenters. The minimum Gasteiger partial charge on any atom is -0.493 e. The predicted molar refractivity (Wildman–Crippen MR) is 87.1 cm³/mol. The van der Waals surface area contributed by atoms with Crippen LogP contribution in [0.2, 0.25) is 0 Å². The van der Waals surface area contributed by atoms with Crippen LogP contribution >= 0.6 is 0 Å². The van der Waals surface area contributed by atoms with Gasteiger partial charge in [0.25, 0.3) is 0 Å². The first kappa shape index (κ1) is 15.6. The molecular weight excluding hydrogens is 292 g/mol. The lowest BCUT2D eigenvalue weighted by molar-refractivity contribution is -0.133. The number of rotatable bonds is 6. The largest absolute Gasteiger partial charge is 0.493 e. The first-order valence-electron chi connectivity index (χ1n) is 8.01. The maximum Gasteiger partial charge on any atom is 0.226 e. The van der Waals surface area contributed by atoms with Gasteiger partial charge in [0.2, 0.25) is 5.91 Å². The number of piperazine rings is 1. The molecule has 0 aliphatic carbocycles. The fraction of sp³-hybridized carbons (Fsp3) is 0.389. The smallest absolute Gasteiger partial charge is 0.226 e. The topological polar surface area (TPSA) is 45.9 Å². The number of benzene rings is 1. The maximum atomic E-state index is 12.2. The lowest BCUT2D eigenvalue weighted by Crippen LogP contribution is -2.48. The zero-order chi connectivity index (χ0) is 15.9. The Hall–Kier alpha value is -2.27. The van der Waals surface area contributed by atoms with Crippen LogP contribution in [0.3, 0.4) is 0 Å². The summed E-state index contributed by atoms with van der Waals surface area (Å²) in [6, 6.07) is 13.5. The molecule has 0 spiro atoms. The van der Waals surface area contributed by atoms with Crippen LogP contribution in [-0.2, 0) is 11.3 Å². The summed E-state index contributed by atoms with van der Waals surface area (Å²) < 4.78 is 11.0. The highest BCUT2D eigenvalue weighted by Crippen LogP contribution is 2.11.